The molecule has 0 aromatic carbocycles. The molecule has 0 amide bonds. The number of hydrogen-bond donors (Lipinski definition) is 1. The molecule has 0 aliphatic heterocycles. The first-order valence-electron chi connectivity index (χ1n) is 8.27. The van der Waals surface area contributed by atoms with Crippen LogP contribution in [0.5, 0.6) is 0 Å². The van der Waals surface area contributed by atoms with Gasteiger partial charge in [0.1, 0.15) is 0 Å². The fourth-order valence-electron chi connectivity index (χ4n) is 3.88. The van der Waals surface area contributed by atoms with Crippen molar-refractivity contribution >= 4 is 0 Å². The SMILES string of the molecule is CCC(CC)N(C)C1CC(O)CCC1C(C)(C)CC. The van der Waals surface area contributed by atoms with Crippen LogP contribution in [-0.2, 0) is 0 Å². The molecule has 1 fully saturated rings. The summed E-state index contributed by atoms with van der Waals surface area (Å²) in [4.78, 5) is 2.57. The highest BCUT2D eigenvalue weighted by Crippen LogP contribution is 2.43. The van der Waals surface area contributed by atoms with Gasteiger partial charge in [-0.2, -0.15) is 0 Å². The Labute approximate surface area is 120 Å². The summed E-state index contributed by atoms with van der Waals surface area (Å²) in [6.07, 6.45) is 6.67. The van der Waals surface area contributed by atoms with Crippen molar-refractivity contribution in [2.24, 2.45) is 11.3 Å². The van der Waals surface area contributed by atoms with E-state index in [-0.39, 0.29) is 6.10 Å². The van der Waals surface area contributed by atoms with Crippen LogP contribution in [-0.4, -0.2) is 35.2 Å². The van der Waals surface area contributed by atoms with Crippen molar-refractivity contribution in [3.63, 3.8) is 0 Å². The van der Waals surface area contributed by atoms with Crippen LogP contribution in [0.1, 0.15) is 73.1 Å². The Morgan fingerprint density at radius 2 is 1.74 bits per heavy atom. The average Bonchev–Trinajstić information content (AvgIpc) is 2.39. The van der Waals surface area contributed by atoms with E-state index < -0.39 is 0 Å². The van der Waals surface area contributed by atoms with Gasteiger partial charge in [-0.1, -0.05) is 41.0 Å². The Balaban J connectivity index is 2.89. The average molecular weight is 269 g/mol. The van der Waals surface area contributed by atoms with Crippen LogP contribution < -0.4 is 0 Å². The molecule has 0 spiro atoms. The number of hydrogen-bond acceptors (Lipinski definition) is 2. The summed E-state index contributed by atoms with van der Waals surface area (Å²) >= 11 is 0. The smallest absolute Gasteiger partial charge is 0.0555 e. The molecule has 1 N–H and O–H groups in total. The number of aliphatic hydroxyl groups is 1. The van der Waals surface area contributed by atoms with Crippen LogP contribution >= 0.6 is 0 Å². The van der Waals surface area contributed by atoms with E-state index >= 15 is 0 Å². The van der Waals surface area contributed by atoms with Crippen molar-refractivity contribution in [1.29, 1.82) is 0 Å². The topological polar surface area (TPSA) is 23.5 Å². The monoisotopic (exact) mass is 269 g/mol. The Morgan fingerprint density at radius 3 is 2.21 bits per heavy atom. The zero-order chi connectivity index (χ0) is 14.6. The molecule has 3 unspecified atom stereocenters. The van der Waals surface area contributed by atoms with E-state index in [9.17, 15) is 5.11 Å². The highest BCUT2D eigenvalue weighted by Gasteiger charge is 2.41. The van der Waals surface area contributed by atoms with Crippen LogP contribution in [0.3, 0.4) is 0 Å². The summed E-state index contributed by atoms with van der Waals surface area (Å²) in [5.74, 6) is 0.714. The highest BCUT2D eigenvalue weighted by atomic mass is 16.3. The third-order valence-corrected chi connectivity index (χ3v) is 5.75. The Morgan fingerprint density at radius 1 is 1.16 bits per heavy atom. The molecule has 2 nitrogen and oxygen atoms in total. The fourth-order valence-corrected chi connectivity index (χ4v) is 3.88. The van der Waals surface area contributed by atoms with Gasteiger partial charge in [-0.15, -0.1) is 0 Å². The number of nitrogens with zero attached hydrogens (tertiary/aromatic N) is 1. The molecular weight excluding hydrogens is 234 g/mol. The van der Waals surface area contributed by atoms with Crippen molar-refractivity contribution in [2.45, 2.75) is 91.3 Å². The Hall–Kier alpha value is -0.0800. The second-order valence-corrected chi connectivity index (χ2v) is 7.12. The first kappa shape index (κ1) is 17.0. The van der Waals surface area contributed by atoms with E-state index in [1.54, 1.807) is 0 Å². The molecule has 1 aliphatic carbocycles. The van der Waals surface area contributed by atoms with Gasteiger partial charge >= 0.3 is 0 Å². The first-order valence-corrected chi connectivity index (χ1v) is 8.27. The van der Waals surface area contributed by atoms with Gasteiger partial charge < -0.3 is 10.0 Å². The molecule has 3 atom stereocenters. The molecule has 1 aliphatic rings. The van der Waals surface area contributed by atoms with Crippen molar-refractivity contribution in [2.75, 3.05) is 7.05 Å². The molecule has 0 heterocycles. The summed E-state index contributed by atoms with van der Waals surface area (Å²) in [5.41, 5.74) is 0.380. The zero-order valence-corrected chi connectivity index (χ0v) is 13.9. The van der Waals surface area contributed by atoms with Gasteiger partial charge in [-0.3, -0.25) is 0 Å². The molecule has 19 heavy (non-hydrogen) atoms. The van der Waals surface area contributed by atoms with Crippen LogP contribution in [0, 0.1) is 11.3 Å². The summed E-state index contributed by atoms with van der Waals surface area (Å²) in [7, 11) is 2.28. The van der Waals surface area contributed by atoms with E-state index in [0.29, 0.717) is 23.4 Å². The van der Waals surface area contributed by atoms with Gasteiger partial charge in [0, 0.05) is 12.1 Å². The molecule has 0 saturated heterocycles. The summed E-state index contributed by atoms with van der Waals surface area (Å²) in [6, 6.07) is 1.20. The highest BCUT2D eigenvalue weighted by molar-refractivity contribution is 4.94. The minimum Gasteiger partial charge on any atom is -0.393 e. The third kappa shape index (κ3) is 3.95. The van der Waals surface area contributed by atoms with E-state index in [1.165, 1.54) is 25.7 Å². The molecule has 1 rings (SSSR count). The van der Waals surface area contributed by atoms with Crippen LogP contribution in [0.4, 0.5) is 0 Å². The minimum atomic E-state index is -0.0919. The molecular formula is C17H35NO. The lowest BCUT2D eigenvalue weighted by molar-refractivity contribution is -0.0244. The summed E-state index contributed by atoms with van der Waals surface area (Å²) in [5, 5.41) is 10.1. The van der Waals surface area contributed by atoms with Gasteiger partial charge in [0.25, 0.3) is 0 Å². The minimum absolute atomic E-state index is 0.0919. The van der Waals surface area contributed by atoms with Gasteiger partial charge in [-0.25, -0.2) is 0 Å². The van der Waals surface area contributed by atoms with Crippen LogP contribution in [0.2, 0.25) is 0 Å². The van der Waals surface area contributed by atoms with Gasteiger partial charge in [0.05, 0.1) is 6.10 Å². The zero-order valence-electron chi connectivity index (χ0n) is 13.9. The molecule has 2 heteroatoms. The number of rotatable bonds is 6. The molecule has 0 aromatic heterocycles. The normalized spacial score (nSPS) is 29.2. The van der Waals surface area contributed by atoms with E-state index in [4.69, 9.17) is 0 Å². The van der Waals surface area contributed by atoms with Gasteiger partial charge in [-0.05, 0) is 50.5 Å². The van der Waals surface area contributed by atoms with E-state index in [0.717, 1.165) is 12.8 Å². The molecule has 114 valence electrons. The lowest BCUT2D eigenvalue weighted by Gasteiger charge is -2.49. The van der Waals surface area contributed by atoms with Crippen molar-refractivity contribution in [3.8, 4) is 0 Å². The van der Waals surface area contributed by atoms with E-state index in [1.807, 2.05) is 0 Å². The molecule has 0 bridgehead atoms. The maximum absolute atomic E-state index is 10.1. The molecule has 1 saturated carbocycles. The lowest BCUT2D eigenvalue weighted by atomic mass is 9.66. The summed E-state index contributed by atoms with van der Waals surface area (Å²) < 4.78 is 0. The molecule has 0 aromatic rings. The quantitative estimate of drug-likeness (QED) is 0.785. The van der Waals surface area contributed by atoms with Crippen molar-refractivity contribution < 1.29 is 5.11 Å². The lowest BCUT2D eigenvalue weighted by Crippen LogP contribution is -2.51. The van der Waals surface area contributed by atoms with Crippen molar-refractivity contribution in [3.05, 3.63) is 0 Å². The van der Waals surface area contributed by atoms with Crippen LogP contribution in [0.15, 0.2) is 0 Å². The van der Waals surface area contributed by atoms with Crippen molar-refractivity contribution in [1.82, 2.24) is 4.90 Å². The standard InChI is InChI=1S/C17H35NO/c1-7-13(8-2)18(6)16-12-14(19)10-11-15(16)17(4,5)9-3/h13-16,19H,7-12H2,1-6H3. The van der Waals surface area contributed by atoms with E-state index in [2.05, 4.69) is 46.6 Å². The molecule has 0 radical (unpaired) electrons. The van der Waals surface area contributed by atoms with Gasteiger partial charge in [0.15, 0.2) is 0 Å². The summed E-state index contributed by atoms with van der Waals surface area (Å²) in [6.45, 7) is 11.7. The van der Waals surface area contributed by atoms with Gasteiger partial charge in [0.2, 0.25) is 0 Å². The third-order valence-electron chi connectivity index (χ3n) is 5.75. The maximum atomic E-state index is 10.1. The fraction of sp³-hybridized carbons (Fsp3) is 1.00. The predicted molar refractivity (Wildman–Crippen MR) is 83.3 cm³/mol. The van der Waals surface area contributed by atoms with Crippen LogP contribution in [0.25, 0.3) is 0 Å². The number of aliphatic hydroxyl groups excluding tert-OH is 1. The second kappa shape index (κ2) is 7.08. The Bertz CT molecular complexity index is 260. The largest absolute Gasteiger partial charge is 0.393 e. The predicted octanol–water partition coefficient (Wildman–Crippen LogP) is 4.07. The first-order chi connectivity index (χ1) is 8.87. The second-order valence-electron chi connectivity index (χ2n) is 7.12. The maximum Gasteiger partial charge on any atom is 0.0555 e. The Kier molecular flexibility index (Phi) is 6.32.